The van der Waals surface area contributed by atoms with E-state index in [1.165, 1.54) is 25.8 Å². The molecule has 0 aliphatic rings. The van der Waals surface area contributed by atoms with Gasteiger partial charge in [0.15, 0.2) is 17.1 Å². The summed E-state index contributed by atoms with van der Waals surface area (Å²) in [5.74, 6) is 0.244. The van der Waals surface area contributed by atoms with E-state index in [9.17, 15) is 9.90 Å². The van der Waals surface area contributed by atoms with Crippen LogP contribution < -0.4 is 14.2 Å². The number of carboxylic acid groups (broad SMARTS) is 1. The number of aryl methyl sites for hydroxylation is 1. The highest BCUT2D eigenvalue weighted by molar-refractivity contribution is 6.20. The predicted octanol–water partition coefficient (Wildman–Crippen LogP) is 3.72. The SMILES string of the molecule is CCCCc1cc(C(=Cc2cc(OC)c(OC)c(OC)c2)C(=O)O)n2nccc2n1. The fourth-order valence-electron chi connectivity index (χ4n) is 3.24. The third-order valence-electron chi connectivity index (χ3n) is 4.70. The molecule has 30 heavy (non-hydrogen) atoms. The zero-order valence-corrected chi connectivity index (χ0v) is 17.5. The van der Waals surface area contributed by atoms with Crippen molar-refractivity contribution < 1.29 is 24.1 Å². The highest BCUT2D eigenvalue weighted by atomic mass is 16.5. The second-order valence-corrected chi connectivity index (χ2v) is 6.66. The number of unbranched alkanes of at least 4 members (excludes halogenated alkanes) is 1. The lowest BCUT2D eigenvalue weighted by Gasteiger charge is -2.14. The van der Waals surface area contributed by atoms with E-state index in [-0.39, 0.29) is 5.57 Å². The number of aromatic nitrogens is 3. The summed E-state index contributed by atoms with van der Waals surface area (Å²) < 4.78 is 17.6. The summed E-state index contributed by atoms with van der Waals surface area (Å²) in [6.07, 6.45) is 5.92. The van der Waals surface area contributed by atoms with Gasteiger partial charge < -0.3 is 19.3 Å². The van der Waals surface area contributed by atoms with E-state index >= 15 is 0 Å². The second-order valence-electron chi connectivity index (χ2n) is 6.66. The summed E-state index contributed by atoms with van der Waals surface area (Å²) >= 11 is 0. The molecule has 3 rings (SSSR count). The molecule has 8 heteroatoms. The molecule has 0 spiro atoms. The minimum atomic E-state index is -1.08. The Morgan fingerprint density at radius 3 is 2.40 bits per heavy atom. The molecule has 0 saturated heterocycles. The van der Waals surface area contributed by atoms with Gasteiger partial charge in [0.05, 0.1) is 38.8 Å². The summed E-state index contributed by atoms with van der Waals surface area (Å²) in [5.41, 5.74) is 2.57. The molecule has 8 nitrogen and oxygen atoms in total. The van der Waals surface area contributed by atoms with Crippen LogP contribution in [-0.4, -0.2) is 47.0 Å². The van der Waals surface area contributed by atoms with Crippen LogP contribution in [0.1, 0.15) is 36.7 Å². The van der Waals surface area contributed by atoms with Gasteiger partial charge in [0.25, 0.3) is 0 Å². The van der Waals surface area contributed by atoms with Crippen LogP contribution in [0.5, 0.6) is 17.2 Å². The van der Waals surface area contributed by atoms with E-state index in [2.05, 4.69) is 17.0 Å². The van der Waals surface area contributed by atoms with E-state index in [0.717, 1.165) is 25.0 Å². The zero-order chi connectivity index (χ0) is 21.7. The van der Waals surface area contributed by atoms with Crippen molar-refractivity contribution in [2.24, 2.45) is 0 Å². The van der Waals surface area contributed by atoms with Gasteiger partial charge in [-0.2, -0.15) is 5.10 Å². The molecule has 0 amide bonds. The highest BCUT2D eigenvalue weighted by Gasteiger charge is 2.19. The van der Waals surface area contributed by atoms with Crippen molar-refractivity contribution in [3.8, 4) is 17.2 Å². The van der Waals surface area contributed by atoms with Crippen LogP contribution in [-0.2, 0) is 11.2 Å². The van der Waals surface area contributed by atoms with Crippen LogP contribution in [0.2, 0.25) is 0 Å². The molecular formula is C22H25N3O5. The van der Waals surface area contributed by atoms with Crippen LogP contribution in [0.4, 0.5) is 0 Å². The summed E-state index contributed by atoms with van der Waals surface area (Å²) in [5, 5.41) is 14.2. The molecule has 2 heterocycles. The van der Waals surface area contributed by atoms with Gasteiger partial charge in [-0.1, -0.05) is 13.3 Å². The number of hydrogen-bond acceptors (Lipinski definition) is 6. The molecule has 158 valence electrons. The molecule has 0 aliphatic carbocycles. The Balaban J connectivity index is 2.19. The molecule has 0 unspecified atom stereocenters. The van der Waals surface area contributed by atoms with E-state index in [1.807, 2.05) is 0 Å². The monoisotopic (exact) mass is 411 g/mol. The number of hydrogen-bond donors (Lipinski definition) is 1. The third-order valence-corrected chi connectivity index (χ3v) is 4.70. The van der Waals surface area contributed by atoms with Gasteiger partial charge >= 0.3 is 5.97 Å². The molecular weight excluding hydrogens is 386 g/mol. The minimum absolute atomic E-state index is 0.0816. The van der Waals surface area contributed by atoms with E-state index in [1.54, 1.807) is 36.5 Å². The predicted molar refractivity (Wildman–Crippen MR) is 113 cm³/mol. The lowest BCUT2D eigenvalue weighted by molar-refractivity contribution is -0.130. The Labute approximate surface area is 174 Å². The van der Waals surface area contributed by atoms with Crippen molar-refractivity contribution in [3.05, 3.63) is 47.4 Å². The maximum Gasteiger partial charge on any atom is 0.337 e. The second kappa shape index (κ2) is 9.30. The summed E-state index contributed by atoms with van der Waals surface area (Å²) in [4.78, 5) is 16.8. The fraction of sp³-hybridized carbons (Fsp3) is 0.318. The van der Waals surface area contributed by atoms with Crippen LogP contribution in [0.15, 0.2) is 30.5 Å². The number of benzene rings is 1. The molecule has 1 aromatic carbocycles. The van der Waals surface area contributed by atoms with E-state index < -0.39 is 5.97 Å². The number of rotatable bonds is 9. The lowest BCUT2D eigenvalue weighted by atomic mass is 10.0. The number of carbonyl (C=O) groups is 1. The number of nitrogens with zero attached hydrogens (tertiary/aromatic N) is 3. The van der Waals surface area contributed by atoms with Gasteiger partial charge in [-0.3, -0.25) is 0 Å². The Morgan fingerprint density at radius 2 is 1.83 bits per heavy atom. The lowest BCUT2D eigenvalue weighted by Crippen LogP contribution is -2.09. The molecule has 0 bridgehead atoms. The standard InChI is InChI=1S/C22H25N3O5/c1-5-6-7-15-13-17(25-20(24-15)8-9-23-25)16(22(26)27)10-14-11-18(28-2)21(30-4)19(12-14)29-3/h8-13H,5-7H2,1-4H3,(H,26,27). The van der Waals surface area contributed by atoms with Crippen molar-refractivity contribution in [1.29, 1.82) is 0 Å². The first-order valence-corrected chi connectivity index (χ1v) is 9.61. The van der Waals surface area contributed by atoms with Gasteiger partial charge in [-0.15, -0.1) is 0 Å². The van der Waals surface area contributed by atoms with Gasteiger partial charge in [0.1, 0.15) is 0 Å². The first-order chi connectivity index (χ1) is 14.5. The highest BCUT2D eigenvalue weighted by Crippen LogP contribution is 2.39. The third kappa shape index (κ3) is 4.22. The average molecular weight is 411 g/mol. The van der Waals surface area contributed by atoms with Crippen molar-refractivity contribution in [2.45, 2.75) is 26.2 Å². The summed E-state index contributed by atoms with van der Waals surface area (Å²) in [6.45, 7) is 2.10. The number of methoxy groups -OCH3 is 3. The number of ether oxygens (including phenoxy) is 3. The largest absolute Gasteiger partial charge is 0.493 e. The van der Waals surface area contributed by atoms with Gasteiger partial charge in [0.2, 0.25) is 5.75 Å². The molecule has 2 aromatic heterocycles. The average Bonchev–Trinajstić information content (AvgIpc) is 3.23. The Morgan fingerprint density at radius 1 is 1.13 bits per heavy atom. The molecule has 1 N–H and O–H groups in total. The number of aliphatic carboxylic acids is 1. The van der Waals surface area contributed by atoms with Crippen LogP contribution >= 0.6 is 0 Å². The van der Waals surface area contributed by atoms with Crippen LogP contribution in [0.3, 0.4) is 0 Å². The van der Waals surface area contributed by atoms with Crippen molar-refractivity contribution in [2.75, 3.05) is 21.3 Å². The Bertz CT molecular complexity index is 1060. The maximum absolute atomic E-state index is 12.2. The summed E-state index contributed by atoms with van der Waals surface area (Å²) in [7, 11) is 4.54. The molecule has 0 aliphatic heterocycles. The molecule has 3 aromatic rings. The van der Waals surface area contributed by atoms with Crippen molar-refractivity contribution in [1.82, 2.24) is 14.6 Å². The van der Waals surface area contributed by atoms with Crippen LogP contribution in [0.25, 0.3) is 17.3 Å². The van der Waals surface area contributed by atoms with Crippen LogP contribution in [0, 0.1) is 0 Å². The number of fused-ring (bicyclic) bond motifs is 1. The van der Waals surface area contributed by atoms with E-state index in [0.29, 0.717) is 34.2 Å². The summed E-state index contributed by atoms with van der Waals surface area (Å²) in [6, 6.07) is 6.94. The maximum atomic E-state index is 12.2. The van der Waals surface area contributed by atoms with E-state index in [4.69, 9.17) is 14.2 Å². The molecule has 0 fully saturated rings. The van der Waals surface area contributed by atoms with Crippen molar-refractivity contribution in [3.63, 3.8) is 0 Å². The first-order valence-electron chi connectivity index (χ1n) is 9.61. The quantitative estimate of drug-likeness (QED) is 0.536. The minimum Gasteiger partial charge on any atom is -0.493 e. The molecule has 0 saturated carbocycles. The normalized spacial score (nSPS) is 11.5. The fourth-order valence-corrected chi connectivity index (χ4v) is 3.24. The van der Waals surface area contributed by atoms with Gasteiger partial charge in [0, 0.05) is 11.8 Å². The zero-order valence-electron chi connectivity index (χ0n) is 17.5. The van der Waals surface area contributed by atoms with Gasteiger partial charge in [-0.25, -0.2) is 14.3 Å². The van der Waals surface area contributed by atoms with Gasteiger partial charge in [-0.05, 0) is 42.7 Å². The molecule has 0 atom stereocenters. The topological polar surface area (TPSA) is 95.2 Å². The van der Waals surface area contributed by atoms with Crippen molar-refractivity contribution >= 4 is 23.3 Å². The Kier molecular flexibility index (Phi) is 6.56. The number of carboxylic acids is 1. The molecule has 0 radical (unpaired) electrons. The first kappa shape index (κ1) is 21.2. The smallest absolute Gasteiger partial charge is 0.337 e. The Hall–Kier alpha value is -3.55.